The van der Waals surface area contributed by atoms with Crippen molar-refractivity contribution in [1.82, 2.24) is 5.32 Å². The molecule has 0 unspecified atom stereocenters. The van der Waals surface area contributed by atoms with Gasteiger partial charge in [0.1, 0.15) is 13.2 Å². The van der Waals surface area contributed by atoms with Crippen LogP contribution in [0.1, 0.15) is 15.9 Å². The van der Waals surface area contributed by atoms with Gasteiger partial charge in [0.15, 0.2) is 11.5 Å². The zero-order chi connectivity index (χ0) is 15.5. The van der Waals surface area contributed by atoms with Gasteiger partial charge in [-0.3, -0.25) is 4.79 Å². The lowest BCUT2D eigenvalue weighted by atomic mass is 10.1. The van der Waals surface area contributed by atoms with E-state index < -0.39 is 0 Å². The predicted octanol–water partition coefficient (Wildman–Crippen LogP) is 3.69. The third kappa shape index (κ3) is 3.29. The average Bonchev–Trinajstić information content (AvgIpc) is 2.55. The smallest absolute Gasteiger partial charge is 0.251 e. The molecule has 2 aromatic carbocycles. The third-order valence-electron chi connectivity index (χ3n) is 3.24. The summed E-state index contributed by atoms with van der Waals surface area (Å²) in [6.07, 6.45) is 0. The summed E-state index contributed by atoms with van der Waals surface area (Å²) in [5.41, 5.74) is 1.39. The van der Waals surface area contributed by atoms with Gasteiger partial charge in [-0.05, 0) is 35.9 Å². The van der Waals surface area contributed by atoms with Crippen molar-refractivity contribution < 1.29 is 14.3 Å². The summed E-state index contributed by atoms with van der Waals surface area (Å²) in [6, 6.07) is 10.4. The molecule has 0 bridgehead atoms. The summed E-state index contributed by atoms with van der Waals surface area (Å²) in [7, 11) is 0. The highest BCUT2D eigenvalue weighted by Crippen LogP contribution is 2.30. The molecule has 2 aromatic rings. The molecule has 0 saturated heterocycles. The van der Waals surface area contributed by atoms with E-state index in [9.17, 15) is 4.79 Å². The Hall–Kier alpha value is -1.91. The zero-order valence-corrected chi connectivity index (χ0v) is 13.1. The molecule has 0 aromatic heterocycles. The van der Waals surface area contributed by atoms with E-state index in [2.05, 4.69) is 5.32 Å². The number of hydrogen-bond donors (Lipinski definition) is 1. The summed E-state index contributed by atoms with van der Waals surface area (Å²) in [5.74, 6) is 1.21. The molecule has 0 fully saturated rings. The summed E-state index contributed by atoms with van der Waals surface area (Å²) in [5, 5.41) is 3.61. The fourth-order valence-corrected chi connectivity index (χ4v) is 2.42. The van der Waals surface area contributed by atoms with E-state index in [1.165, 1.54) is 0 Å². The first kappa shape index (κ1) is 15.0. The Morgan fingerprint density at radius 1 is 1.00 bits per heavy atom. The molecule has 1 amide bonds. The number of benzene rings is 2. The minimum Gasteiger partial charge on any atom is -0.486 e. The molecule has 0 aliphatic carbocycles. The van der Waals surface area contributed by atoms with Gasteiger partial charge in [-0.25, -0.2) is 0 Å². The van der Waals surface area contributed by atoms with Crippen LogP contribution in [-0.2, 0) is 6.54 Å². The highest BCUT2D eigenvalue weighted by molar-refractivity contribution is 6.42. The van der Waals surface area contributed by atoms with E-state index >= 15 is 0 Å². The molecule has 1 aliphatic rings. The summed E-state index contributed by atoms with van der Waals surface area (Å²) >= 11 is 11.7. The van der Waals surface area contributed by atoms with E-state index in [0.29, 0.717) is 41.1 Å². The van der Waals surface area contributed by atoms with Crippen LogP contribution in [0, 0.1) is 0 Å². The van der Waals surface area contributed by atoms with Crippen LogP contribution < -0.4 is 14.8 Å². The number of carbonyl (C=O) groups is 1. The van der Waals surface area contributed by atoms with E-state index in [0.717, 1.165) is 11.3 Å². The highest BCUT2D eigenvalue weighted by atomic mass is 35.5. The minimum absolute atomic E-state index is 0.214. The predicted molar refractivity (Wildman–Crippen MR) is 85.1 cm³/mol. The maximum Gasteiger partial charge on any atom is 0.251 e. The van der Waals surface area contributed by atoms with Crippen molar-refractivity contribution >= 4 is 29.1 Å². The van der Waals surface area contributed by atoms with Crippen LogP contribution in [0.25, 0.3) is 0 Å². The Morgan fingerprint density at radius 3 is 2.55 bits per heavy atom. The van der Waals surface area contributed by atoms with Gasteiger partial charge in [0.2, 0.25) is 0 Å². The lowest BCUT2D eigenvalue weighted by Gasteiger charge is -2.19. The second kappa shape index (κ2) is 6.46. The van der Waals surface area contributed by atoms with Crippen molar-refractivity contribution in [3.8, 4) is 11.5 Å². The molecule has 0 atom stereocenters. The Labute approximate surface area is 137 Å². The molecule has 0 saturated carbocycles. The van der Waals surface area contributed by atoms with Crippen molar-refractivity contribution in [2.24, 2.45) is 0 Å². The molecule has 3 rings (SSSR count). The molecular weight excluding hydrogens is 325 g/mol. The van der Waals surface area contributed by atoms with E-state index in [1.807, 2.05) is 18.2 Å². The maximum atomic E-state index is 12.1. The Balaban J connectivity index is 1.66. The van der Waals surface area contributed by atoms with Gasteiger partial charge >= 0.3 is 0 Å². The number of ether oxygens (including phenoxy) is 2. The van der Waals surface area contributed by atoms with E-state index in [1.54, 1.807) is 18.2 Å². The lowest BCUT2D eigenvalue weighted by molar-refractivity contribution is 0.0951. The Morgan fingerprint density at radius 2 is 1.77 bits per heavy atom. The summed E-state index contributed by atoms with van der Waals surface area (Å²) < 4.78 is 11.0. The average molecular weight is 338 g/mol. The first-order valence-electron chi connectivity index (χ1n) is 6.75. The highest BCUT2D eigenvalue weighted by Gasteiger charge is 2.12. The molecule has 1 aliphatic heterocycles. The molecule has 4 nitrogen and oxygen atoms in total. The number of carbonyl (C=O) groups excluding carboxylic acids is 1. The van der Waals surface area contributed by atoms with Crippen molar-refractivity contribution in [3.05, 3.63) is 57.6 Å². The SMILES string of the molecule is O=C(NCc1ccc2c(c1)OCCO2)c1ccc(Cl)c(Cl)c1. The van der Waals surface area contributed by atoms with E-state index in [-0.39, 0.29) is 5.91 Å². The number of rotatable bonds is 3. The van der Waals surface area contributed by atoms with Crippen LogP contribution in [0.15, 0.2) is 36.4 Å². The summed E-state index contributed by atoms with van der Waals surface area (Å²) in [4.78, 5) is 12.1. The van der Waals surface area contributed by atoms with Gasteiger partial charge in [-0.1, -0.05) is 29.3 Å². The maximum absolute atomic E-state index is 12.1. The zero-order valence-electron chi connectivity index (χ0n) is 11.6. The fraction of sp³-hybridized carbons (Fsp3) is 0.188. The van der Waals surface area contributed by atoms with Crippen molar-refractivity contribution in [3.63, 3.8) is 0 Å². The van der Waals surface area contributed by atoms with Gasteiger partial charge in [0.25, 0.3) is 5.91 Å². The second-order valence-electron chi connectivity index (χ2n) is 4.79. The van der Waals surface area contributed by atoms with Crippen molar-refractivity contribution in [1.29, 1.82) is 0 Å². The molecule has 22 heavy (non-hydrogen) atoms. The molecule has 114 valence electrons. The standard InChI is InChI=1S/C16H13Cl2NO3/c17-12-3-2-11(8-13(12)18)16(20)19-9-10-1-4-14-15(7-10)22-6-5-21-14/h1-4,7-8H,5-6,9H2,(H,19,20). The van der Waals surface area contributed by atoms with Crippen LogP contribution in [0.2, 0.25) is 10.0 Å². The van der Waals surface area contributed by atoms with Gasteiger partial charge in [-0.2, -0.15) is 0 Å². The largest absolute Gasteiger partial charge is 0.486 e. The Kier molecular flexibility index (Phi) is 4.41. The van der Waals surface area contributed by atoms with Crippen LogP contribution in [0.5, 0.6) is 11.5 Å². The van der Waals surface area contributed by atoms with Gasteiger partial charge in [0.05, 0.1) is 10.0 Å². The van der Waals surface area contributed by atoms with Crippen LogP contribution in [-0.4, -0.2) is 19.1 Å². The van der Waals surface area contributed by atoms with Crippen LogP contribution >= 0.6 is 23.2 Å². The Bertz CT molecular complexity index is 719. The van der Waals surface area contributed by atoms with E-state index in [4.69, 9.17) is 32.7 Å². The number of halogens is 2. The lowest BCUT2D eigenvalue weighted by Crippen LogP contribution is -2.23. The number of nitrogens with one attached hydrogen (secondary N) is 1. The first-order chi connectivity index (χ1) is 10.6. The number of amides is 1. The quantitative estimate of drug-likeness (QED) is 0.928. The normalized spacial score (nSPS) is 12.8. The minimum atomic E-state index is -0.214. The van der Waals surface area contributed by atoms with Crippen LogP contribution in [0.4, 0.5) is 0 Å². The number of fused-ring (bicyclic) bond motifs is 1. The van der Waals surface area contributed by atoms with Crippen molar-refractivity contribution in [2.45, 2.75) is 6.54 Å². The monoisotopic (exact) mass is 337 g/mol. The van der Waals surface area contributed by atoms with Gasteiger partial charge in [-0.15, -0.1) is 0 Å². The summed E-state index contributed by atoms with van der Waals surface area (Å²) in [6.45, 7) is 1.47. The third-order valence-corrected chi connectivity index (χ3v) is 3.98. The van der Waals surface area contributed by atoms with Gasteiger partial charge < -0.3 is 14.8 Å². The number of hydrogen-bond acceptors (Lipinski definition) is 3. The van der Waals surface area contributed by atoms with Crippen LogP contribution in [0.3, 0.4) is 0 Å². The molecule has 1 N–H and O–H groups in total. The second-order valence-corrected chi connectivity index (χ2v) is 5.60. The first-order valence-corrected chi connectivity index (χ1v) is 7.51. The molecular formula is C16H13Cl2NO3. The molecule has 0 spiro atoms. The fourth-order valence-electron chi connectivity index (χ4n) is 2.12. The molecule has 1 heterocycles. The molecule has 0 radical (unpaired) electrons. The molecule has 6 heteroatoms. The van der Waals surface area contributed by atoms with Crippen molar-refractivity contribution in [2.75, 3.05) is 13.2 Å². The topological polar surface area (TPSA) is 47.6 Å². The van der Waals surface area contributed by atoms with Gasteiger partial charge in [0, 0.05) is 12.1 Å².